The SMILES string of the molecule is CCCCCS(=O)(=O)c1cc(C(=O)O)c(C)cc1C. The van der Waals surface area contributed by atoms with E-state index in [-0.39, 0.29) is 16.2 Å². The molecular formula is C14H20O4S. The van der Waals surface area contributed by atoms with Gasteiger partial charge in [0, 0.05) is 0 Å². The van der Waals surface area contributed by atoms with Gasteiger partial charge in [0.1, 0.15) is 0 Å². The van der Waals surface area contributed by atoms with E-state index in [1.165, 1.54) is 6.07 Å². The minimum Gasteiger partial charge on any atom is -0.478 e. The summed E-state index contributed by atoms with van der Waals surface area (Å²) < 4.78 is 24.4. The first-order valence-corrected chi connectivity index (χ1v) is 8.02. The van der Waals surface area contributed by atoms with Crippen LogP contribution in [0.3, 0.4) is 0 Å². The molecule has 0 fully saturated rings. The predicted molar refractivity (Wildman–Crippen MR) is 74.5 cm³/mol. The Kier molecular flexibility index (Phi) is 5.11. The molecule has 0 saturated heterocycles. The normalized spacial score (nSPS) is 11.5. The van der Waals surface area contributed by atoms with Gasteiger partial charge in [-0.25, -0.2) is 13.2 Å². The van der Waals surface area contributed by atoms with Crippen molar-refractivity contribution in [3.05, 3.63) is 28.8 Å². The van der Waals surface area contributed by atoms with E-state index in [1.54, 1.807) is 19.9 Å². The van der Waals surface area contributed by atoms with E-state index in [1.807, 2.05) is 6.92 Å². The standard InChI is InChI=1S/C14H20O4S/c1-4-5-6-7-19(17,18)13-9-12(14(15)16)10(2)8-11(13)3/h8-9H,4-7H2,1-3H3,(H,15,16). The topological polar surface area (TPSA) is 71.4 Å². The molecular weight excluding hydrogens is 264 g/mol. The highest BCUT2D eigenvalue weighted by molar-refractivity contribution is 7.91. The summed E-state index contributed by atoms with van der Waals surface area (Å²) in [6.45, 7) is 5.38. The van der Waals surface area contributed by atoms with Crippen molar-refractivity contribution >= 4 is 15.8 Å². The van der Waals surface area contributed by atoms with Gasteiger partial charge in [-0.3, -0.25) is 0 Å². The molecule has 106 valence electrons. The highest BCUT2D eigenvalue weighted by Crippen LogP contribution is 2.22. The Labute approximate surface area is 114 Å². The smallest absolute Gasteiger partial charge is 0.335 e. The maximum atomic E-state index is 12.2. The van der Waals surface area contributed by atoms with Crippen LogP contribution < -0.4 is 0 Å². The third-order valence-corrected chi connectivity index (χ3v) is 5.04. The van der Waals surface area contributed by atoms with Crippen molar-refractivity contribution in [3.63, 3.8) is 0 Å². The number of carboxylic acids is 1. The van der Waals surface area contributed by atoms with Gasteiger partial charge in [0.05, 0.1) is 16.2 Å². The molecule has 0 bridgehead atoms. The van der Waals surface area contributed by atoms with Crippen molar-refractivity contribution in [2.45, 2.75) is 44.9 Å². The molecule has 0 aliphatic carbocycles. The van der Waals surface area contributed by atoms with Gasteiger partial charge in [0.25, 0.3) is 0 Å². The maximum Gasteiger partial charge on any atom is 0.335 e. The lowest BCUT2D eigenvalue weighted by Gasteiger charge is -2.10. The van der Waals surface area contributed by atoms with Gasteiger partial charge in [-0.05, 0) is 37.5 Å². The molecule has 0 atom stereocenters. The second-order valence-electron chi connectivity index (χ2n) is 4.76. The molecule has 1 N–H and O–H groups in total. The van der Waals surface area contributed by atoms with E-state index in [0.29, 0.717) is 17.5 Å². The van der Waals surface area contributed by atoms with Crippen LogP contribution >= 0.6 is 0 Å². The first-order valence-electron chi connectivity index (χ1n) is 6.37. The fourth-order valence-electron chi connectivity index (χ4n) is 2.05. The number of aromatic carboxylic acids is 1. The van der Waals surface area contributed by atoms with Gasteiger partial charge in [0.15, 0.2) is 9.84 Å². The van der Waals surface area contributed by atoms with Crippen molar-refractivity contribution in [1.29, 1.82) is 0 Å². The lowest BCUT2D eigenvalue weighted by atomic mass is 10.1. The van der Waals surface area contributed by atoms with Crippen LogP contribution in [-0.4, -0.2) is 25.2 Å². The van der Waals surface area contributed by atoms with Crippen LogP contribution in [0.4, 0.5) is 0 Å². The number of sulfone groups is 1. The third-order valence-electron chi connectivity index (χ3n) is 3.10. The summed E-state index contributed by atoms with van der Waals surface area (Å²) in [4.78, 5) is 11.2. The Morgan fingerprint density at radius 1 is 1.16 bits per heavy atom. The van der Waals surface area contributed by atoms with Crippen molar-refractivity contribution in [1.82, 2.24) is 0 Å². The summed E-state index contributed by atoms with van der Waals surface area (Å²) in [6, 6.07) is 2.91. The monoisotopic (exact) mass is 284 g/mol. The average molecular weight is 284 g/mol. The number of rotatable bonds is 6. The Hall–Kier alpha value is -1.36. The van der Waals surface area contributed by atoms with E-state index in [0.717, 1.165) is 12.8 Å². The van der Waals surface area contributed by atoms with Gasteiger partial charge >= 0.3 is 5.97 Å². The van der Waals surface area contributed by atoms with Crippen molar-refractivity contribution in [2.24, 2.45) is 0 Å². The minimum atomic E-state index is -3.40. The summed E-state index contributed by atoms with van der Waals surface area (Å²) >= 11 is 0. The molecule has 5 heteroatoms. The van der Waals surface area contributed by atoms with Crippen LogP contribution in [-0.2, 0) is 9.84 Å². The molecule has 1 aromatic rings. The largest absolute Gasteiger partial charge is 0.478 e. The number of carboxylic acid groups (broad SMARTS) is 1. The molecule has 0 unspecified atom stereocenters. The molecule has 4 nitrogen and oxygen atoms in total. The Morgan fingerprint density at radius 2 is 1.79 bits per heavy atom. The minimum absolute atomic E-state index is 0.0552. The van der Waals surface area contributed by atoms with E-state index < -0.39 is 15.8 Å². The van der Waals surface area contributed by atoms with E-state index in [4.69, 9.17) is 5.11 Å². The van der Waals surface area contributed by atoms with Crippen LogP contribution in [0.25, 0.3) is 0 Å². The molecule has 0 aliphatic heterocycles. The van der Waals surface area contributed by atoms with Crippen molar-refractivity contribution in [3.8, 4) is 0 Å². The molecule has 0 spiro atoms. The second-order valence-corrected chi connectivity index (χ2v) is 6.84. The molecule has 1 aromatic carbocycles. The average Bonchev–Trinajstić information content (AvgIpc) is 2.28. The number of unbranched alkanes of at least 4 members (excludes halogenated alkanes) is 2. The highest BCUT2D eigenvalue weighted by Gasteiger charge is 2.20. The van der Waals surface area contributed by atoms with Gasteiger partial charge in [-0.1, -0.05) is 25.8 Å². The molecule has 0 aromatic heterocycles. The van der Waals surface area contributed by atoms with Gasteiger partial charge in [-0.15, -0.1) is 0 Å². The number of hydrogen-bond acceptors (Lipinski definition) is 3. The maximum absolute atomic E-state index is 12.2. The Bertz CT molecular complexity index is 573. The van der Waals surface area contributed by atoms with Gasteiger partial charge in [0.2, 0.25) is 0 Å². The van der Waals surface area contributed by atoms with E-state index in [2.05, 4.69) is 0 Å². The summed E-state index contributed by atoms with van der Waals surface area (Å²) in [5.41, 5.74) is 1.25. The third kappa shape index (κ3) is 3.80. The molecule has 0 amide bonds. The zero-order valence-corrected chi connectivity index (χ0v) is 12.4. The quantitative estimate of drug-likeness (QED) is 0.815. The van der Waals surface area contributed by atoms with E-state index >= 15 is 0 Å². The molecule has 19 heavy (non-hydrogen) atoms. The van der Waals surface area contributed by atoms with Crippen LogP contribution in [0.5, 0.6) is 0 Å². The Balaban J connectivity index is 3.19. The van der Waals surface area contributed by atoms with Crippen LogP contribution in [0.1, 0.15) is 47.7 Å². The molecule has 0 radical (unpaired) electrons. The van der Waals surface area contributed by atoms with Crippen LogP contribution in [0.15, 0.2) is 17.0 Å². The molecule has 0 heterocycles. The lowest BCUT2D eigenvalue weighted by molar-refractivity contribution is 0.0696. The van der Waals surface area contributed by atoms with E-state index in [9.17, 15) is 13.2 Å². The number of benzene rings is 1. The zero-order valence-electron chi connectivity index (χ0n) is 11.6. The first kappa shape index (κ1) is 15.7. The van der Waals surface area contributed by atoms with Crippen molar-refractivity contribution in [2.75, 3.05) is 5.75 Å². The number of carbonyl (C=O) groups is 1. The second kappa shape index (κ2) is 6.19. The summed E-state index contributed by atoms with van der Waals surface area (Å²) in [6.07, 6.45) is 2.41. The predicted octanol–water partition coefficient (Wildman–Crippen LogP) is 2.97. The summed E-state index contributed by atoms with van der Waals surface area (Å²) in [5, 5.41) is 9.07. The lowest BCUT2D eigenvalue weighted by Crippen LogP contribution is -2.11. The summed E-state index contributed by atoms with van der Waals surface area (Å²) in [5.74, 6) is -1.02. The molecule has 0 aliphatic rings. The number of aryl methyl sites for hydroxylation is 2. The fraction of sp³-hybridized carbons (Fsp3) is 0.500. The van der Waals surface area contributed by atoms with Crippen molar-refractivity contribution < 1.29 is 18.3 Å². The van der Waals surface area contributed by atoms with Gasteiger partial charge in [-0.2, -0.15) is 0 Å². The molecule has 1 rings (SSSR count). The van der Waals surface area contributed by atoms with Gasteiger partial charge < -0.3 is 5.11 Å². The Morgan fingerprint density at radius 3 is 2.32 bits per heavy atom. The molecule has 0 saturated carbocycles. The number of hydrogen-bond donors (Lipinski definition) is 1. The zero-order chi connectivity index (χ0) is 14.6. The first-order chi connectivity index (χ1) is 8.79. The van der Waals surface area contributed by atoms with Crippen LogP contribution in [0, 0.1) is 13.8 Å². The summed E-state index contributed by atoms with van der Waals surface area (Å²) in [7, 11) is -3.40. The van der Waals surface area contributed by atoms with Crippen LogP contribution in [0.2, 0.25) is 0 Å². The highest BCUT2D eigenvalue weighted by atomic mass is 32.2. The fourth-order valence-corrected chi connectivity index (χ4v) is 3.70.